The summed E-state index contributed by atoms with van der Waals surface area (Å²) in [5, 5.41) is 37.0. The number of anilines is 2. The lowest BCUT2D eigenvalue weighted by atomic mass is 10.0. The number of carbonyl (C=O) groups excluding carboxylic acids is 2. The summed E-state index contributed by atoms with van der Waals surface area (Å²) >= 11 is 0. The summed E-state index contributed by atoms with van der Waals surface area (Å²) in [7, 11) is 1.47. The SMILES string of the molecule is COc1ccccc1NC(=O)c1cc2ccccc2c(N=Nc2ccc(NC(C)=O)cc2[N+](=O)[O-])c1O. The number of phenolic OH excluding ortho intramolecular Hbond substituents is 1. The van der Waals surface area contributed by atoms with E-state index in [2.05, 4.69) is 20.9 Å². The van der Waals surface area contributed by atoms with Crippen molar-refractivity contribution < 1.29 is 24.4 Å². The van der Waals surface area contributed by atoms with Gasteiger partial charge in [0, 0.05) is 24.1 Å². The van der Waals surface area contributed by atoms with Crippen molar-refractivity contribution in [3.8, 4) is 11.5 Å². The number of aromatic hydroxyl groups is 1. The molecular formula is C26H21N5O6. The van der Waals surface area contributed by atoms with Crippen LogP contribution in [0, 0.1) is 10.1 Å². The molecule has 0 spiro atoms. The molecular weight excluding hydrogens is 478 g/mol. The first-order valence-electron chi connectivity index (χ1n) is 11.0. The molecule has 0 aliphatic rings. The molecule has 0 saturated carbocycles. The number of nitrogens with zero attached hydrogens (tertiary/aromatic N) is 3. The average molecular weight is 499 g/mol. The zero-order chi connectivity index (χ0) is 26.5. The molecule has 4 aromatic rings. The maximum absolute atomic E-state index is 13.1. The number of nitro benzene ring substituents is 1. The topological polar surface area (TPSA) is 156 Å². The number of benzene rings is 4. The van der Waals surface area contributed by atoms with Gasteiger partial charge >= 0.3 is 0 Å². The fourth-order valence-corrected chi connectivity index (χ4v) is 3.67. The quantitative estimate of drug-likeness (QED) is 0.159. The third kappa shape index (κ3) is 5.35. The predicted octanol–water partition coefficient (Wildman–Crippen LogP) is 6.09. The monoisotopic (exact) mass is 499 g/mol. The van der Waals surface area contributed by atoms with E-state index < -0.39 is 22.3 Å². The summed E-state index contributed by atoms with van der Waals surface area (Å²) in [5.74, 6) is -1.02. The molecule has 2 amide bonds. The molecule has 0 saturated heterocycles. The molecule has 4 aromatic carbocycles. The number of carbonyl (C=O) groups is 2. The smallest absolute Gasteiger partial charge is 0.298 e. The number of hydrogen-bond acceptors (Lipinski definition) is 8. The van der Waals surface area contributed by atoms with Crippen LogP contribution in [0.15, 0.2) is 83.0 Å². The van der Waals surface area contributed by atoms with Crippen LogP contribution in [0.1, 0.15) is 17.3 Å². The number of amides is 2. The second-order valence-corrected chi connectivity index (χ2v) is 7.84. The molecule has 0 aromatic heterocycles. The lowest BCUT2D eigenvalue weighted by Crippen LogP contribution is -2.13. The molecule has 4 rings (SSSR count). The van der Waals surface area contributed by atoms with Gasteiger partial charge in [0.25, 0.3) is 11.6 Å². The Kier molecular flexibility index (Phi) is 7.05. The first-order chi connectivity index (χ1) is 17.8. The van der Waals surface area contributed by atoms with Crippen LogP contribution in [-0.2, 0) is 4.79 Å². The van der Waals surface area contributed by atoms with E-state index in [4.69, 9.17) is 4.74 Å². The van der Waals surface area contributed by atoms with Gasteiger partial charge in [0.1, 0.15) is 11.4 Å². The first-order valence-corrected chi connectivity index (χ1v) is 11.0. The molecule has 11 nitrogen and oxygen atoms in total. The zero-order valence-electron chi connectivity index (χ0n) is 19.8. The molecule has 0 bridgehead atoms. The van der Waals surface area contributed by atoms with E-state index >= 15 is 0 Å². The molecule has 0 aliphatic carbocycles. The largest absolute Gasteiger partial charge is 0.505 e. The van der Waals surface area contributed by atoms with E-state index in [-0.39, 0.29) is 28.5 Å². The van der Waals surface area contributed by atoms with Crippen LogP contribution in [0.5, 0.6) is 11.5 Å². The Bertz CT molecular complexity index is 1570. The average Bonchev–Trinajstić information content (AvgIpc) is 2.88. The van der Waals surface area contributed by atoms with Gasteiger partial charge in [-0.1, -0.05) is 36.4 Å². The van der Waals surface area contributed by atoms with Gasteiger partial charge in [-0.15, -0.1) is 10.2 Å². The number of para-hydroxylation sites is 2. The first kappa shape index (κ1) is 24.8. The Morgan fingerprint density at radius 3 is 2.43 bits per heavy atom. The minimum Gasteiger partial charge on any atom is -0.505 e. The van der Waals surface area contributed by atoms with E-state index in [1.54, 1.807) is 48.5 Å². The standard InChI is InChI=1S/C26H21N5O6/c1-15(32)27-17-11-12-20(22(14-17)31(35)36)29-30-24-18-8-4-3-7-16(18)13-19(25(24)33)26(34)28-21-9-5-6-10-23(21)37-2/h3-14,33H,1-2H3,(H,27,32)(H,28,34). The van der Waals surface area contributed by atoms with Crippen LogP contribution < -0.4 is 15.4 Å². The number of methoxy groups -OCH3 is 1. The lowest BCUT2D eigenvalue weighted by molar-refractivity contribution is -0.384. The van der Waals surface area contributed by atoms with Gasteiger partial charge in [-0.25, -0.2) is 0 Å². The molecule has 0 radical (unpaired) electrons. The Morgan fingerprint density at radius 2 is 1.70 bits per heavy atom. The number of hydrogen-bond donors (Lipinski definition) is 3. The van der Waals surface area contributed by atoms with Gasteiger partial charge in [-0.3, -0.25) is 19.7 Å². The summed E-state index contributed by atoms with van der Waals surface area (Å²) < 4.78 is 5.26. The third-order valence-corrected chi connectivity index (χ3v) is 5.35. The van der Waals surface area contributed by atoms with Crippen molar-refractivity contribution in [3.05, 3.63) is 88.5 Å². The summed E-state index contributed by atoms with van der Waals surface area (Å²) in [6, 6.07) is 19.1. The van der Waals surface area contributed by atoms with Gasteiger partial charge in [0.2, 0.25) is 5.91 Å². The highest BCUT2D eigenvalue weighted by Crippen LogP contribution is 2.41. The van der Waals surface area contributed by atoms with Gasteiger partial charge in [-0.2, -0.15) is 0 Å². The lowest BCUT2D eigenvalue weighted by Gasteiger charge is -2.13. The van der Waals surface area contributed by atoms with Crippen LogP contribution in [0.3, 0.4) is 0 Å². The minimum absolute atomic E-state index is 0.0384. The number of nitrogens with one attached hydrogen (secondary N) is 2. The number of nitro groups is 1. The molecule has 3 N–H and O–H groups in total. The molecule has 37 heavy (non-hydrogen) atoms. The second kappa shape index (κ2) is 10.5. The fraction of sp³-hybridized carbons (Fsp3) is 0.0769. The summed E-state index contributed by atoms with van der Waals surface area (Å²) in [6.45, 7) is 1.28. The maximum Gasteiger partial charge on any atom is 0.298 e. The molecule has 186 valence electrons. The molecule has 0 atom stereocenters. The van der Waals surface area contributed by atoms with Gasteiger partial charge < -0.3 is 20.5 Å². The number of fused-ring (bicyclic) bond motifs is 1. The number of phenols is 1. The highest BCUT2D eigenvalue weighted by molar-refractivity contribution is 6.12. The predicted molar refractivity (Wildman–Crippen MR) is 138 cm³/mol. The van der Waals surface area contributed by atoms with Crippen LogP contribution in [0.25, 0.3) is 10.8 Å². The maximum atomic E-state index is 13.1. The molecule has 0 fully saturated rings. The van der Waals surface area contributed by atoms with Crippen molar-refractivity contribution in [2.75, 3.05) is 17.7 Å². The highest BCUT2D eigenvalue weighted by Gasteiger charge is 2.20. The van der Waals surface area contributed by atoms with Crippen LogP contribution in [0.2, 0.25) is 0 Å². The summed E-state index contributed by atoms with van der Waals surface area (Å²) in [5.41, 5.74) is 0.00924. The van der Waals surface area contributed by atoms with Crippen molar-refractivity contribution >= 4 is 51.0 Å². The Balaban J connectivity index is 1.78. The Morgan fingerprint density at radius 1 is 0.973 bits per heavy atom. The van der Waals surface area contributed by atoms with Crippen molar-refractivity contribution in [2.24, 2.45) is 10.2 Å². The van der Waals surface area contributed by atoms with E-state index in [1.165, 1.54) is 32.2 Å². The molecule has 0 heterocycles. The second-order valence-electron chi connectivity index (χ2n) is 7.84. The highest BCUT2D eigenvalue weighted by atomic mass is 16.6. The van der Waals surface area contributed by atoms with Crippen LogP contribution in [-0.4, -0.2) is 29.0 Å². The number of rotatable bonds is 7. The van der Waals surface area contributed by atoms with Gasteiger partial charge in [-0.05, 0) is 35.7 Å². The van der Waals surface area contributed by atoms with E-state index in [0.29, 0.717) is 22.2 Å². The van der Waals surface area contributed by atoms with Crippen molar-refractivity contribution in [1.29, 1.82) is 0 Å². The summed E-state index contributed by atoms with van der Waals surface area (Å²) in [6.07, 6.45) is 0. The zero-order valence-corrected chi connectivity index (χ0v) is 19.8. The van der Waals surface area contributed by atoms with E-state index in [9.17, 15) is 24.8 Å². The number of ether oxygens (including phenoxy) is 1. The van der Waals surface area contributed by atoms with Crippen molar-refractivity contribution in [3.63, 3.8) is 0 Å². The Labute approximate surface area is 210 Å². The van der Waals surface area contributed by atoms with Crippen LogP contribution >= 0.6 is 0 Å². The minimum atomic E-state index is -0.658. The van der Waals surface area contributed by atoms with Gasteiger partial charge in [0.05, 0.1) is 23.3 Å². The molecule has 0 aliphatic heterocycles. The van der Waals surface area contributed by atoms with Crippen molar-refractivity contribution in [1.82, 2.24) is 0 Å². The molecule has 11 heteroatoms. The van der Waals surface area contributed by atoms with Crippen molar-refractivity contribution in [2.45, 2.75) is 6.92 Å². The normalized spacial score (nSPS) is 10.9. The van der Waals surface area contributed by atoms with E-state index in [0.717, 1.165) is 6.07 Å². The number of azo groups is 1. The van der Waals surface area contributed by atoms with E-state index in [1.807, 2.05) is 0 Å². The summed E-state index contributed by atoms with van der Waals surface area (Å²) in [4.78, 5) is 35.4. The third-order valence-electron chi connectivity index (χ3n) is 5.35. The van der Waals surface area contributed by atoms with Gasteiger partial charge in [0.15, 0.2) is 11.4 Å². The Hall–Kier alpha value is -5.32. The molecule has 0 unspecified atom stereocenters. The fourth-order valence-electron chi connectivity index (χ4n) is 3.67. The van der Waals surface area contributed by atoms with Crippen LogP contribution in [0.4, 0.5) is 28.4 Å².